The lowest BCUT2D eigenvalue weighted by Gasteiger charge is -2.25. The van der Waals surface area contributed by atoms with Crippen molar-refractivity contribution in [2.75, 3.05) is 13.1 Å². The summed E-state index contributed by atoms with van der Waals surface area (Å²) in [5.74, 6) is -0.211. The molecule has 1 rings (SSSR count). The molecule has 1 nitrogen and oxygen atoms in total. The maximum atomic E-state index is 13.6. The van der Waals surface area contributed by atoms with Gasteiger partial charge < -0.3 is 5.32 Å². The van der Waals surface area contributed by atoms with Crippen molar-refractivity contribution in [1.29, 1.82) is 0 Å². The highest BCUT2D eigenvalue weighted by Gasteiger charge is 2.19. The standard InChI is InChI=1S/C13H19ClFN/c1-4-16-9-13(2,3)8-10-5-6-11(14)7-12(10)15/h5-7,16H,4,8-9H2,1-3H3. The van der Waals surface area contributed by atoms with Crippen LogP contribution in [0.3, 0.4) is 0 Å². The molecule has 0 saturated heterocycles. The van der Waals surface area contributed by atoms with Gasteiger partial charge in [0, 0.05) is 11.6 Å². The van der Waals surface area contributed by atoms with Crippen LogP contribution in [0.2, 0.25) is 5.02 Å². The minimum Gasteiger partial charge on any atom is -0.316 e. The van der Waals surface area contributed by atoms with Gasteiger partial charge >= 0.3 is 0 Å². The molecule has 0 aliphatic rings. The van der Waals surface area contributed by atoms with Crippen molar-refractivity contribution in [2.24, 2.45) is 5.41 Å². The fourth-order valence-electron chi connectivity index (χ4n) is 1.71. The molecule has 0 spiro atoms. The van der Waals surface area contributed by atoms with E-state index in [0.29, 0.717) is 11.4 Å². The fourth-order valence-corrected chi connectivity index (χ4v) is 1.87. The molecule has 0 fully saturated rings. The number of halogens is 2. The van der Waals surface area contributed by atoms with Crippen molar-refractivity contribution in [3.05, 3.63) is 34.6 Å². The lowest BCUT2D eigenvalue weighted by molar-refractivity contribution is 0.337. The molecule has 0 heterocycles. The minimum atomic E-state index is -0.211. The first-order valence-electron chi connectivity index (χ1n) is 5.59. The van der Waals surface area contributed by atoms with Crippen LogP contribution in [0.15, 0.2) is 18.2 Å². The van der Waals surface area contributed by atoms with Crippen molar-refractivity contribution in [3.8, 4) is 0 Å². The zero-order valence-corrected chi connectivity index (χ0v) is 10.9. The Kier molecular flexibility index (Phi) is 4.75. The molecule has 90 valence electrons. The second-order valence-electron chi connectivity index (χ2n) is 4.86. The van der Waals surface area contributed by atoms with Gasteiger partial charge in [0.1, 0.15) is 5.82 Å². The quantitative estimate of drug-likeness (QED) is 0.832. The predicted octanol–water partition coefficient (Wildman–Crippen LogP) is 3.66. The highest BCUT2D eigenvalue weighted by Crippen LogP contribution is 2.24. The number of hydrogen-bond donors (Lipinski definition) is 1. The molecule has 3 heteroatoms. The van der Waals surface area contributed by atoms with Crippen molar-refractivity contribution in [2.45, 2.75) is 27.2 Å². The predicted molar refractivity (Wildman–Crippen MR) is 67.4 cm³/mol. The van der Waals surface area contributed by atoms with Crippen LogP contribution >= 0.6 is 11.6 Å². The van der Waals surface area contributed by atoms with E-state index in [-0.39, 0.29) is 11.2 Å². The Hall–Kier alpha value is -0.600. The van der Waals surface area contributed by atoms with E-state index < -0.39 is 0 Å². The molecule has 0 radical (unpaired) electrons. The molecule has 0 unspecified atom stereocenters. The van der Waals surface area contributed by atoms with Crippen molar-refractivity contribution >= 4 is 11.6 Å². The van der Waals surface area contributed by atoms with Gasteiger partial charge in [-0.05, 0) is 36.1 Å². The topological polar surface area (TPSA) is 12.0 Å². The molecule has 0 atom stereocenters. The SMILES string of the molecule is CCNCC(C)(C)Cc1ccc(Cl)cc1F. The van der Waals surface area contributed by atoms with E-state index in [1.807, 2.05) is 0 Å². The van der Waals surface area contributed by atoms with Gasteiger partial charge in [-0.2, -0.15) is 0 Å². The molecule has 0 aliphatic heterocycles. The molecule has 0 bridgehead atoms. The van der Waals surface area contributed by atoms with Crippen LogP contribution in [0.1, 0.15) is 26.3 Å². The van der Waals surface area contributed by atoms with Crippen LogP contribution < -0.4 is 5.32 Å². The Morgan fingerprint density at radius 1 is 1.38 bits per heavy atom. The second kappa shape index (κ2) is 5.65. The van der Waals surface area contributed by atoms with E-state index in [2.05, 4.69) is 26.1 Å². The third-order valence-electron chi connectivity index (χ3n) is 2.54. The number of rotatable bonds is 5. The molecule has 0 aliphatic carbocycles. The monoisotopic (exact) mass is 243 g/mol. The summed E-state index contributed by atoms with van der Waals surface area (Å²) >= 11 is 5.72. The van der Waals surface area contributed by atoms with Crippen LogP contribution in [0.5, 0.6) is 0 Å². The van der Waals surface area contributed by atoms with E-state index in [1.165, 1.54) is 6.07 Å². The Morgan fingerprint density at radius 2 is 2.06 bits per heavy atom. The molecule has 1 aromatic rings. The van der Waals surface area contributed by atoms with E-state index in [4.69, 9.17) is 11.6 Å². The summed E-state index contributed by atoms with van der Waals surface area (Å²) in [5, 5.41) is 3.74. The van der Waals surface area contributed by atoms with Gasteiger partial charge in [0.2, 0.25) is 0 Å². The summed E-state index contributed by atoms with van der Waals surface area (Å²) in [7, 11) is 0. The molecule has 0 amide bonds. The molecular formula is C13H19ClFN. The lowest BCUT2D eigenvalue weighted by Crippen LogP contribution is -2.31. The van der Waals surface area contributed by atoms with Crippen molar-refractivity contribution in [3.63, 3.8) is 0 Å². The number of hydrogen-bond acceptors (Lipinski definition) is 1. The number of nitrogens with one attached hydrogen (secondary N) is 1. The zero-order valence-electron chi connectivity index (χ0n) is 10.1. The van der Waals surface area contributed by atoms with Crippen LogP contribution in [0.25, 0.3) is 0 Å². The molecular weight excluding hydrogens is 225 g/mol. The molecule has 0 saturated carbocycles. The van der Waals surface area contributed by atoms with E-state index in [1.54, 1.807) is 12.1 Å². The molecule has 1 N–H and O–H groups in total. The Balaban J connectivity index is 2.71. The summed E-state index contributed by atoms with van der Waals surface area (Å²) < 4.78 is 13.6. The average Bonchev–Trinajstić information content (AvgIpc) is 2.19. The first kappa shape index (κ1) is 13.5. The van der Waals surface area contributed by atoms with E-state index in [0.717, 1.165) is 18.7 Å². The highest BCUT2D eigenvalue weighted by molar-refractivity contribution is 6.30. The van der Waals surface area contributed by atoms with Crippen LogP contribution in [0, 0.1) is 11.2 Å². The minimum absolute atomic E-state index is 0.0463. The Bertz CT molecular complexity index is 350. The lowest BCUT2D eigenvalue weighted by atomic mass is 9.85. The normalized spacial score (nSPS) is 11.8. The third-order valence-corrected chi connectivity index (χ3v) is 2.77. The van der Waals surface area contributed by atoms with E-state index in [9.17, 15) is 4.39 Å². The summed E-state index contributed by atoms with van der Waals surface area (Å²) in [4.78, 5) is 0. The molecule has 1 aromatic carbocycles. The van der Waals surface area contributed by atoms with Crippen LogP contribution in [-0.2, 0) is 6.42 Å². The summed E-state index contributed by atoms with van der Waals surface area (Å²) in [5.41, 5.74) is 0.775. The summed E-state index contributed by atoms with van der Waals surface area (Å²) in [6.07, 6.45) is 0.711. The van der Waals surface area contributed by atoms with Gasteiger partial charge in [0.05, 0.1) is 0 Å². The molecule has 0 aromatic heterocycles. The van der Waals surface area contributed by atoms with E-state index >= 15 is 0 Å². The summed E-state index contributed by atoms with van der Waals surface area (Å²) in [6, 6.07) is 4.88. The molecule has 16 heavy (non-hydrogen) atoms. The van der Waals surface area contributed by atoms with Gasteiger partial charge in [-0.25, -0.2) is 4.39 Å². The maximum absolute atomic E-state index is 13.6. The van der Waals surface area contributed by atoms with Crippen molar-refractivity contribution < 1.29 is 4.39 Å². The van der Waals surface area contributed by atoms with Gasteiger partial charge in [0.15, 0.2) is 0 Å². The van der Waals surface area contributed by atoms with Gasteiger partial charge in [0.25, 0.3) is 0 Å². The van der Waals surface area contributed by atoms with Gasteiger partial charge in [-0.3, -0.25) is 0 Å². The summed E-state index contributed by atoms with van der Waals surface area (Å²) in [6.45, 7) is 8.14. The van der Waals surface area contributed by atoms with Crippen LogP contribution in [0.4, 0.5) is 4.39 Å². The zero-order chi connectivity index (χ0) is 12.2. The fraction of sp³-hybridized carbons (Fsp3) is 0.538. The third kappa shape index (κ3) is 4.11. The number of benzene rings is 1. The average molecular weight is 244 g/mol. The smallest absolute Gasteiger partial charge is 0.127 e. The maximum Gasteiger partial charge on any atom is 0.127 e. The Labute approximate surface area is 102 Å². The van der Waals surface area contributed by atoms with Gasteiger partial charge in [-0.1, -0.05) is 38.4 Å². The van der Waals surface area contributed by atoms with Gasteiger partial charge in [-0.15, -0.1) is 0 Å². The van der Waals surface area contributed by atoms with Crippen molar-refractivity contribution in [1.82, 2.24) is 5.32 Å². The van der Waals surface area contributed by atoms with Crippen LogP contribution in [-0.4, -0.2) is 13.1 Å². The second-order valence-corrected chi connectivity index (χ2v) is 5.29. The first-order chi connectivity index (χ1) is 7.44. The Morgan fingerprint density at radius 3 is 2.62 bits per heavy atom. The largest absolute Gasteiger partial charge is 0.316 e. The first-order valence-corrected chi connectivity index (χ1v) is 5.97. The highest BCUT2D eigenvalue weighted by atomic mass is 35.5.